The third-order valence-electron chi connectivity index (χ3n) is 4.45. The van der Waals surface area contributed by atoms with E-state index in [1.54, 1.807) is 0 Å². The molecule has 0 amide bonds. The van der Waals surface area contributed by atoms with E-state index in [2.05, 4.69) is 49.6 Å². The molecule has 2 heterocycles. The van der Waals surface area contributed by atoms with E-state index in [1.165, 1.54) is 43.7 Å². The summed E-state index contributed by atoms with van der Waals surface area (Å²) in [5, 5.41) is 0. The van der Waals surface area contributed by atoms with E-state index < -0.39 is 0 Å². The zero-order valence-electron chi connectivity index (χ0n) is 14.2. The highest BCUT2D eigenvalue weighted by Gasteiger charge is 2.27. The monoisotopic (exact) mass is 289 g/mol. The second kappa shape index (κ2) is 7.79. The number of pyridine rings is 1. The average Bonchev–Trinajstić information content (AvgIpc) is 2.49. The molecule has 1 saturated heterocycles. The lowest BCUT2D eigenvalue weighted by Gasteiger charge is -2.38. The summed E-state index contributed by atoms with van der Waals surface area (Å²) in [6.45, 7) is 13.5. The molecule has 0 N–H and O–H groups in total. The third kappa shape index (κ3) is 3.97. The Hall–Kier alpha value is -1.09. The Labute approximate surface area is 130 Å². The van der Waals surface area contributed by atoms with Crippen molar-refractivity contribution in [3.05, 3.63) is 23.9 Å². The summed E-state index contributed by atoms with van der Waals surface area (Å²) in [5.41, 5.74) is 1.43. The second-order valence-corrected chi connectivity index (χ2v) is 6.49. The maximum Gasteiger partial charge on any atom is 0.133 e. The number of aromatic nitrogens is 1. The predicted molar refractivity (Wildman–Crippen MR) is 90.8 cm³/mol. The predicted octanol–water partition coefficient (Wildman–Crippen LogP) is 4.11. The number of rotatable bonds is 6. The molecular weight excluding hydrogens is 258 g/mol. The molecule has 1 aliphatic heterocycles. The van der Waals surface area contributed by atoms with Crippen molar-refractivity contribution in [1.29, 1.82) is 0 Å². The molecule has 1 aromatic rings. The quantitative estimate of drug-likeness (QED) is 0.785. The largest absolute Gasteiger partial charge is 0.357 e. The minimum Gasteiger partial charge on any atom is -0.357 e. The van der Waals surface area contributed by atoms with Crippen LogP contribution in [0.25, 0.3) is 0 Å². The van der Waals surface area contributed by atoms with Crippen LogP contribution in [-0.2, 0) is 0 Å². The van der Waals surface area contributed by atoms with Crippen molar-refractivity contribution in [3.8, 4) is 0 Å². The van der Waals surface area contributed by atoms with Gasteiger partial charge in [0.2, 0.25) is 0 Å². The lowest BCUT2D eigenvalue weighted by molar-refractivity contribution is 0.132. The Morgan fingerprint density at radius 2 is 2.05 bits per heavy atom. The van der Waals surface area contributed by atoms with Crippen molar-refractivity contribution in [1.82, 2.24) is 9.88 Å². The summed E-state index contributed by atoms with van der Waals surface area (Å²) < 4.78 is 0. The molecule has 21 heavy (non-hydrogen) atoms. The van der Waals surface area contributed by atoms with Gasteiger partial charge in [0.05, 0.1) is 0 Å². The molecule has 0 bridgehead atoms. The van der Waals surface area contributed by atoms with E-state index in [-0.39, 0.29) is 0 Å². The lowest BCUT2D eigenvalue weighted by atomic mass is 9.94. The van der Waals surface area contributed by atoms with Crippen LogP contribution in [0.15, 0.2) is 18.3 Å². The van der Waals surface area contributed by atoms with Crippen LogP contribution in [0.4, 0.5) is 5.82 Å². The van der Waals surface area contributed by atoms with Gasteiger partial charge in [-0.15, -0.1) is 0 Å². The van der Waals surface area contributed by atoms with Crippen LogP contribution in [0, 0.1) is 5.92 Å². The summed E-state index contributed by atoms with van der Waals surface area (Å²) in [7, 11) is 0. The summed E-state index contributed by atoms with van der Waals surface area (Å²) in [6, 6.07) is 4.94. The van der Waals surface area contributed by atoms with E-state index in [0.717, 1.165) is 19.0 Å². The van der Waals surface area contributed by atoms with Crippen LogP contribution in [-0.4, -0.2) is 36.1 Å². The van der Waals surface area contributed by atoms with Gasteiger partial charge in [-0.25, -0.2) is 4.98 Å². The summed E-state index contributed by atoms with van der Waals surface area (Å²) >= 11 is 0. The smallest absolute Gasteiger partial charge is 0.133 e. The highest BCUT2D eigenvalue weighted by Crippen LogP contribution is 2.35. The summed E-state index contributed by atoms with van der Waals surface area (Å²) in [6.07, 6.45) is 5.88. The molecule has 0 aliphatic carbocycles. The van der Waals surface area contributed by atoms with Gasteiger partial charge in [-0.05, 0) is 45.2 Å². The van der Waals surface area contributed by atoms with Gasteiger partial charge in [-0.1, -0.05) is 26.3 Å². The Morgan fingerprint density at radius 3 is 2.71 bits per heavy atom. The zero-order valence-corrected chi connectivity index (χ0v) is 14.2. The van der Waals surface area contributed by atoms with Gasteiger partial charge in [-0.2, -0.15) is 0 Å². The van der Waals surface area contributed by atoms with Gasteiger partial charge in [0.15, 0.2) is 0 Å². The molecule has 1 unspecified atom stereocenters. The maximum atomic E-state index is 4.71. The van der Waals surface area contributed by atoms with E-state index in [0.29, 0.717) is 6.04 Å². The fraction of sp³-hybridized carbons (Fsp3) is 0.722. The molecule has 118 valence electrons. The Balaban J connectivity index is 2.29. The van der Waals surface area contributed by atoms with Gasteiger partial charge < -0.3 is 4.90 Å². The van der Waals surface area contributed by atoms with Crippen LogP contribution in [0.1, 0.15) is 58.6 Å². The Morgan fingerprint density at radius 1 is 1.29 bits per heavy atom. The van der Waals surface area contributed by atoms with Crippen molar-refractivity contribution < 1.29 is 0 Å². The first kappa shape index (κ1) is 16.3. The van der Waals surface area contributed by atoms with Gasteiger partial charge in [0, 0.05) is 37.4 Å². The van der Waals surface area contributed by atoms with Crippen molar-refractivity contribution in [2.75, 3.05) is 31.1 Å². The molecule has 0 radical (unpaired) electrons. The number of hydrogen-bond donors (Lipinski definition) is 0. The molecule has 3 heteroatoms. The van der Waals surface area contributed by atoms with Crippen molar-refractivity contribution in [3.63, 3.8) is 0 Å². The Kier molecular flexibility index (Phi) is 6.04. The van der Waals surface area contributed by atoms with Crippen LogP contribution in [0.2, 0.25) is 0 Å². The van der Waals surface area contributed by atoms with E-state index in [1.807, 2.05) is 6.20 Å². The number of likely N-dealkylation sites (tertiary alicyclic amines) is 1. The highest BCUT2D eigenvalue weighted by atomic mass is 15.2. The SMILES string of the molecule is CCN(CC)c1ncccc1C1CCCCN1CC(C)C. The average molecular weight is 289 g/mol. The number of anilines is 1. The third-order valence-corrected chi connectivity index (χ3v) is 4.45. The zero-order chi connectivity index (χ0) is 15.2. The van der Waals surface area contributed by atoms with Crippen LogP contribution >= 0.6 is 0 Å². The molecule has 1 fully saturated rings. The van der Waals surface area contributed by atoms with Crippen LogP contribution in [0.3, 0.4) is 0 Å². The topological polar surface area (TPSA) is 19.4 Å². The van der Waals surface area contributed by atoms with Gasteiger partial charge in [0.1, 0.15) is 5.82 Å². The molecule has 0 aromatic carbocycles. The summed E-state index contributed by atoms with van der Waals surface area (Å²) in [5.74, 6) is 1.92. The standard InChI is InChI=1S/C18H31N3/c1-5-20(6-2)18-16(10-9-12-19-18)17-11-7-8-13-21(17)14-15(3)4/h9-10,12,15,17H,5-8,11,13-14H2,1-4H3. The molecule has 1 aromatic heterocycles. The molecule has 3 nitrogen and oxygen atoms in total. The fourth-order valence-corrected chi connectivity index (χ4v) is 3.49. The van der Waals surface area contributed by atoms with E-state index in [9.17, 15) is 0 Å². The lowest BCUT2D eigenvalue weighted by Crippen LogP contribution is -2.37. The van der Waals surface area contributed by atoms with Gasteiger partial charge >= 0.3 is 0 Å². The maximum absolute atomic E-state index is 4.71. The second-order valence-electron chi connectivity index (χ2n) is 6.49. The molecule has 0 saturated carbocycles. The highest BCUT2D eigenvalue weighted by molar-refractivity contribution is 5.48. The molecule has 2 rings (SSSR count). The van der Waals surface area contributed by atoms with Crippen molar-refractivity contribution in [2.45, 2.75) is 53.0 Å². The normalized spacial score (nSPS) is 20.0. The molecule has 1 aliphatic rings. The van der Waals surface area contributed by atoms with E-state index in [4.69, 9.17) is 4.98 Å². The number of piperidine rings is 1. The molecule has 0 spiro atoms. The first-order valence-corrected chi connectivity index (χ1v) is 8.61. The molecular formula is C18H31N3. The summed E-state index contributed by atoms with van der Waals surface area (Å²) in [4.78, 5) is 9.77. The molecule has 1 atom stereocenters. The van der Waals surface area contributed by atoms with Crippen LogP contribution < -0.4 is 4.90 Å². The van der Waals surface area contributed by atoms with Gasteiger partial charge in [0.25, 0.3) is 0 Å². The van der Waals surface area contributed by atoms with Crippen molar-refractivity contribution in [2.24, 2.45) is 5.92 Å². The number of nitrogens with zero attached hydrogens (tertiary/aromatic N) is 3. The van der Waals surface area contributed by atoms with E-state index >= 15 is 0 Å². The minimum absolute atomic E-state index is 0.547. The Bertz CT molecular complexity index is 426. The van der Waals surface area contributed by atoms with Crippen LogP contribution in [0.5, 0.6) is 0 Å². The van der Waals surface area contributed by atoms with Crippen molar-refractivity contribution >= 4 is 5.82 Å². The first-order valence-electron chi connectivity index (χ1n) is 8.61. The first-order chi connectivity index (χ1) is 10.2. The number of hydrogen-bond acceptors (Lipinski definition) is 3. The van der Waals surface area contributed by atoms with Gasteiger partial charge in [-0.3, -0.25) is 4.90 Å². The fourth-order valence-electron chi connectivity index (χ4n) is 3.49. The minimum atomic E-state index is 0.547.